The zero-order valence-corrected chi connectivity index (χ0v) is 10.7. The van der Waals surface area contributed by atoms with Crippen LogP contribution in [0, 0.1) is 18.3 Å². The molecule has 1 aromatic rings. The van der Waals surface area contributed by atoms with Crippen LogP contribution in [-0.2, 0) is 11.8 Å². The predicted octanol–water partition coefficient (Wildman–Crippen LogP) is 0.554. The Labute approximate surface area is 106 Å². The molecule has 0 amide bonds. The summed E-state index contributed by atoms with van der Waals surface area (Å²) in [6.45, 7) is 3.06. The first-order valence-corrected chi connectivity index (χ1v) is 6.02. The zero-order chi connectivity index (χ0) is 13.2. The van der Waals surface area contributed by atoms with Crippen LogP contribution in [0.4, 0.5) is 5.82 Å². The molecule has 2 N–H and O–H groups in total. The van der Waals surface area contributed by atoms with Crippen LogP contribution in [0.5, 0.6) is 0 Å². The van der Waals surface area contributed by atoms with Gasteiger partial charge in [0.2, 0.25) is 0 Å². The van der Waals surface area contributed by atoms with Crippen molar-refractivity contribution in [1.82, 2.24) is 9.78 Å². The van der Waals surface area contributed by atoms with Gasteiger partial charge < -0.3 is 15.2 Å². The molecule has 0 bridgehead atoms. The fourth-order valence-corrected chi connectivity index (χ4v) is 2.27. The van der Waals surface area contributed by atoms with E-state index in [4.69, 9.17) is 10.00 Å². The van der Waals surface area contributed by atoms with E-state index >= 15 is 0 Å². The quantitative estimate of drug-likeness (QED) is 0.818. The minimum atomic E-state index is -0.413. The second-order valence-corrected chi connectivity index (χ2v) is 4.72. The molecule has 0 aliphatic carbocycles. The molecule has 1 aromatic heterocycles. The second-order valence-electron chi connectivity index (χ2n) is 4.72. The van der Waals surface area contributed by atoms with E-state index in [9.17, 15) is 5.11 Å². The molecule has 1 fully saturated rings. The Balaban J connectivity index is 2.30. The Hall–Kier alpha value is -1.58. The number of nitriles is 1. The Morgan fingerprint density at radius 2 is 2.22 bits per heavy atom. The number of rotatable bonds is 3. The van der Waals surface area contributed by atoms with Crippen molar-refractivity contribution in [1.29, 1.82) is 5.26 Å². The van der Waals surface area contributed by atoms with E-state index in [0.29, 0.717) is 30.3 Å². The van der Waals surface area contributed by atoms with Crippen LogP contribution in [0.3, 0.4) is 0 Å². The van der Waals surface area contributed by atoms with Gasteiger partial charge in [-0.2, -0.15) is 10.4 Å². The van der Waals surface area contributed by atoms with E-state index < -0.39 is 5.54 Å². The van der Waals surface area contributed by atoms with Crippen molar-refractivity contribution in [3.05, 3.63) is 11.3 Å². The maximum Gasteiger partial charge on any atom is 0.142 e. The molecule has 98 valence electrons. The Bertz CT molecular complexity index is 469. The highest BCUT2D eigenvalue weighted by Crippen LogP contribution is 2.28. The molecule has 2 rings (SSSR count). The summed E-state index contributed by atoms with van der Waals surface area (Å²) in [6.07, 6.45) is 1.44. The molecule has 0 aromatic carbocycles. The zero-order valence-electron chi connectivity index (χ0n) is 10.7. The Morgan fingerprint density at radius 3 is 2.78 bits per heavy atom. The largest absolute Gasteiger partial charge is 0.394 e. The number of ether oxygens (including phenoxy) is 1. The number of aliphatic hydroxyl groups is 1. The third kappa shape index (κ3) is 2.19. The Morgan fingerprint density at radius 1 is 1.56 bits per heavy atom. The highest BCUT2D eigenvalue weighted by atomic mass is 16.5. The summed E-state index contributed by atoms with van der Waals surface area (Å²) < 4.78 is 6.97. The van der Waals surface area contributed by atoms with Gasteiger partial charge in [0.05, 0.1) is 17.8 Å². The van der Waals surface area contributed by atoms with Gasteiger partial charge in [0.15, 0.2) is 0 Å². The topological polar surface area (TPSA) is 83.1 Å². The lowest BCUT2D eigenvalue weighted by atomic mass is 9.91. The molecule has 6 heteroatoms. The van der Waals surface area contributed by atoms with Gasteiger partial charge in [-0.15, -0.1) is 0 Å². The van der Waals surface area contributed by atoms with Crippen LogP contribution < -0.4 is 5.32 Å². The maximum atomic E-state index is 9.63. The van der Waals surface area contributed by atoms with Crippen LogP contribution in [0.25, 0.3) is 0 Å². The smallest absolute Gasteiger partial charge is 0.142 e. The number of anilines is 1. The average Bonchev–Trinajstić information content (AvgIpc) is 2.65. The molecule has 0 radical (unpaired) electrons. The average molecular weight is 250 g/mol. The van der Waals surface area contributed by atoms with Gasteiger partial charge in [0, 0.05) is 20.3 Å². The van der Waals surface area contributed by atoms with E-state index in [1.165, 1.54) is 0 Å². The number of nitrogens with zero attached hydrogens (tertiary/aromatic N) is 3. The summed E-state index contributed by atoms with van der Waals surface area (Å²) in [4.78, 5) is 0. The van der Waals surface area contributed by atoms with Crippen molar-refractivity contribution in [2.24, 2.45) is 7.05 Å². The summed E-state index contributed by atoms with van der Waals surface area (Å²) in [7, 11) is 1.79. The predicted molar refractivity (Wildman–Crippen MR) is 66.2 cm³/mol. The van der Waals surface area contributed by atoms with Gasteiger partial charge in [-0.05, 0) is 19.8 Å². The first kappa shape index (κ1) is 12.9. The van der Waals surface area contributed by atoms with Gasteiger partial charge in [0.1, 0.15) is 17.5 Å². The van der Waals surface area contributed by atoms with Crippen molar-refractivity contribution in [3.8, 4) is 6.07 Å². The maximum absolute atomic E-state index is 9.63. The van der Waals surface area contributed by atoms with Crippen molar-refractivity contribution in [2.45, 2.75) is 25.3 Å². The molecule has 1 saturated heterocycles. The number of aromatic nitrogens is 2. The molecule has 0 atom stereocenters. The van der Waals surface area contributed by atoms with Gasteiger partial charge in [-0.25, -0.2) is 0 Å². The molecule has 1 aliphatic rings. The lowest BCUT2D eigenvalue weighted by molar-refractivity contribution is 0.0377. The first-order valence-electron chi connectivity index (χ1n) is 6.02. The molecular weight excluding hydrogens is 232 g/mol. The van der Waals surface area contributed by atoms with Crippen molar-refractivity contribution >= 4 is 5.82 Å². The van der Waals surface area contributed by atoms with E-state index in [-0.39, 0.29) is 6.61 Å². The molecule has 2 heterocycles. The van der Waals surface area contributed by atoms with Crippen LogP contribution in [0.2, 0.25) is 0 Å². The van der Waals surface area contributed by atoms with Crippen LogP contribution >= 0.6 is 0 Å². The molecule has 18 heavy (non-hydrogen) atoms. The van der Waals surface area contributed by atoms with E-state index in [1.807, 2.05) is 0 Å². The van der Waals surface area contributed by atoms with Crippen molar-refractivity contribution in [2.75, 3.05) is 25.1 Å². The fourth-order valence-electron chi connectivity index (χ4n) is 2.27. The van der Waals surface area contributed by atoms with Gasteiger partial charge in [-0.3, -0.25) is 4.68 Å². The van der Waals surface area contributed by atoms with E-state index in [0.717, 1.165) is 12.8 Å². The SMILES string of the molecule is Cc1nn(C)c(NC2(CO)CCOCC2)c1C#N. The third-order valence-corrected chi connectivity index (χ3v) is 3.47. The van der Waals surface area contributed by atoms with Crippen LogP contribution in [0.15, 0.2) is 0 Å². The normalized spacial score (nSPS) is 18.3. The molecule has 1 aliphatic heterocycles. The molecule has 0 unspecified atom stereocenters. The highest BCUT2D eigenvalue weighted by molar-refractivity contribution is 5.56. The van der Waals surface area contributed by atoms with Crippen molar-refractivity contribution < 1.29 is 9.84 Å². The fraction of sp³-hybridized carbons (Fsp3) is 0.667. The number of aliphatic hydroxyl groups excluding tert-OH is 1. The van der Waals surface area contributed by atoms with Crippen molar-refractivity contribution in [3.63, 3.8) is 0 Å². The van der Waals surface area contributed by atoms with Crippen LogP contribution in [-0.4, -0.2) is 40.2 Å². The summed E-state index contributed by atoms with van der Waals surface area (Å²) in [6, 6.07) is 2.16. The molecule has 0 spiro atoms. The monoisotopic (exact) mass is 250 g/mol. The minimum Gasteiger partial charge on any atom is -0.394 e. The van der Waals surface area contributed by atoms with Gasteiger partial charge in [-0.1, -0.05) is 0 Å². The highest BCUT2D eigenvalue weighted by Gasteiger charge is 2.33. The first-order chi connectivity index (χ1) is 8.62. The lowest BCUT2D eigenvalue weighted by Gasteiger charge is -2.37. The Kier molecular flexibility index (Phi) is 3.55. The molecule has 0 saturated carbocycles. The minimum absolute atomic E-state index is 0.0193. The number of hydrogen-bond acceptors (Lipinski definition) is 5. The third-order valence-electron chi connectivity index (χ3n) is 3.47. The van der Waals surface area contributed by atoms with Gasteiger partial charge in [0.25, 0.3) is 0 Å². The van der Waals surface area contributed by atoms with E-state index in [1.54, 1.807) is 18.7 Å². The summed E-state index contributed by atoms with van der Waals surface area (Å²) in [5.74, 6) is 0.672. The number of nitrogens with one attached hydrogen (secondary N) is 1. The number of hydrogen-bond donors (Lipinski definition) is 2. The molecular formula is C12H18N4O2. The van der Waals surface area contributed by atoms with E-state index in [2.05, 4.69) is 16.5 Å². The molecule has 6 nitrogen and oxygen atoms in total. The van der Waals surface area contributed by atoms with Gasteiger partial charge >= 0.3 is 0 Å². The summed E-state index contributed by atoms with van der Waals surface area (Å²) >= 11 is 0. The second kappa shape index (κ2) is 4.96. The van der Waals surface area contributed by atoms with Crippen LogP contribution in [0.1, 0.15) is 24.1 Å². The standard InChI is InChI=1S/C12H18N4O2/c1-9-10(7-13)11(16(2)15-9)14-12(8-17)3-5-18-6-4-12/h14,17H,3-6,8H2,1-2H3. The number of aryl methyl sites for hydroxylation is 2. The lowest BCUT2D eigenvalue weighted by Crippen LogP contribution is -2.47. The summed E-state index contributed by atoms with van der Waals surface area (Å²) in [5.41, 5.74) is 0.823. The summed E-state index contributed by atoms with van der Waals surface area (Å²) in [5, 5.41) is 26.3.